The summed E-state index contributed by atoms with van der Waals surface area (Å²) in [6, 6.07) is 12.2. The zero-order valence-electron chi connectivity index (χ0n) is 14.5. The molecule has 0 aliphatic heterocycles. The molecule has 6 nitrogen and oxygen atoms in total. The number of carbonyl (C=O) groups is 1. The smallest absolute Gasteiger partial charge is 0.343 e. The normalized spacial score (nSPS) is 10.5. The predicted molar refractivity (Wildman–Crippen MR) is 95.9 cm³/mol. The van der Waals surface area contributed by atoms with Crippen LogP contribution in [0.4, 0.5) is 0 Å². The molecule has 0 saturated carbocycles. The van der Waals surface area contributed by atoms with Gasteiger partial charge in [-0.15, -0.1) is 0 Å². The van der Waals surface area contributed by atoms with Gasteiger partial charge in [0.2, 0.25) is 11.2 Å². The fourth-order valence-electron chi connectivity index (χ4n) is 2.47. The van der Waals surface area contributed by atoms with Gasteiger partial charge in [-0.1, -0.05) is 25.1 Å². The molecule has 134 valence electrons. The Morgan fingerprint density at radius 1 is 1.12 bits per heavy atom. The first-order valence-electron chi connectivity index (χ1n) is 8.13. The third-order valence-electron chi connectivity index (χ3n) is 3.87. The van der Waals surface area contributed by atoms with Gasteiger partial charge in [0, 0.05) is 6.07 Å². The topological polar surface area (TPSA) is 75.0 Å². The molecule has 26 heavy (non-hydrogen) atoms. The van der Waals surface area contributed by atoms with Crippen LogP contribution in [0, 0.1) is 0 Å². The molecule has 0 amide bonds. The molecule has 0 N–H and O–H groups in total. The van der Waals surface area contributed by atoms with Crippen LogP contribution in [-0.4, -0.2) is 19.7 Å². The Hall–Kier alpha value is -3.28. The largest absolute Gasteiger partial charge is 0.482 e. The van der Waals surface area contributed by atoms with Crippen LogP contribution in [0.1, 0.15) is 12.5 Å². The monoisotopic (exact) mass is 354 g/mol. The minimum Gasteiger partial charge on any atom is -0.482 e. The quantitative estimate of drug-likeness (QED) is 0.628. The van der Waals surface area contributed by atoms with E-state index in [-0.39, 0.29) is 17.8 Å². The van der Waals surface area contributed by atoms with Gasteiger partial charge in [0.15, 0.2) is 6.61 Å². The number of aryl methyl sites for hydroxylation is 1. The summed E-state index contributed by atoms with van der Waals surface area (Å²) in [5, 5.41) is 0.363. The minimum absolute atomic E-state index is 0.113. The molecule has 0 aliphatic carbocycles. The van der Waals surface area contributed by atoms with Crippen molar-refractivity contribution in [2.45, 2.75) is 13.3 Å². The number of hydrogen-bond acceptors (Lipinski definition) is 6. The molecule has 0 spiro atoms. The molecule has 0 radical (unpaired) electrons. The van der Waals surface area contributed by atoms with Crippen molar-refractivity contribution >= 4 is 16.9 Å². The van der Waals surface area contributed by atoms with E-state index in [0.29, 0.717) is 22.5 Å². The lowest BCUT2D eigenvalue weighted by molar-refractivity contribution is -0.142. The number of para-hydroxylation sites is 1. The highest BCUT2D eigenvalue weighted by Gasteiger charge is 2.12. The van der Waals surface area contributed by atoms with Crippen molar-refractivity contribution in [3.8, 4) is 17.2 Å². The van der Waals surface area contributed by atoms with Crippen molar-refractivity contribution in [2.24, 2.45) is 0 Å². The minimum atomic E-state index is -0.495. The molecule has 1 aromatic heterocycles. The fourth-order valence-corrected chi connectivity index (χ4v) is 2.47. The van der Waals surface area contributed by atoms with E-state index < -0.39 is 5.97 Å². The SMILES string of the molecule is CCc1ccccc1Oc1coc2cc(OCC(=O)OC)ccc2c1=O. The van der Waals surface area contributed by atoms with Crippen LogP contribution in [0.5, 0.6) is 17.2 Å². The van der Waals surface area contributed by atoms with Gasteiger partial charge < -0.3 is 18.6 Å². The molecule has 0 saturated heterocycles. The Morgan fingerprint density at radius 3 is 2.69 bits per heavy atom. The van der Waals surface area contributed by atoms with Crippen molar-refractivity contribution in [1.29, 1.82) is 0 Å². The molecule has 0 unspecified atom stereocenters. The van der Waals surface area contributed by atoms with Gasteiger partial charge in [-0.2, -0.15) is 0 Å². The van der Waals surface area contributed by atoms with E-state index in [4.69, 9.17) is 13.9 Å². The van der Waals surface area contributed by atoms with Crippen molar-refractivity contribution in [2.75, 3.05) is 13.7 Å². The van der Waals surface area contributed by atoms with Crippen LogP contribution in [0.3, 0.4) is 0 Å². The molecule has 2 aromatic carbocycles. The lowest BCUT2D eigenvalue weighted by atomic mass is 10.1. The van der Waals surface area contributed by atoms with Gasteiger partial charge >= 0.3 is 5.97 Å². The van der Waals surface area contributed by atoms with Crippen molar-refractivity contribution < 1.29 is 23.4 Å². The molecular formula is C20H18O6. The molecule has 6 heteroatoms. The van der Waals surface area contributed by atoms with E-state index in [2.05, 4.69) is 4.74 Å². The number of benzene rings is 2. The highest BCUT2D eigenvalue weighted by molar-refractivity contribution is 5.79. The highest BCUT2D eigenvalue weighted by atomic mass is 16.6. The molecule has 0 bridgehead atoms. The summed E-state index contributed by atoms with van der Waals surface area (Å²) in [4.78, 5) is 23.8. The summed E-state index contributed by atoms with van der Waals surface area (Å²) in [6.07, 6.45) is 2.07. The third kappa shape index (κ3) is 3.69. The Labute approximate surface area is 149 Å². The predicted octanol–water partition coefficient (Wildman–Crippen LogP) is 3.70. The number of hydrogen-bond donors (Lipinski definition) is 0. The molecule has 3 aromatic rings. The lowest BCUT2D eigenvalue weighted by Gasteiger charge is -2.10. The summed E-state index contributed by atoms with van der Waals surface area (Å²) in [7, 11) is 1.28. The second kappa shape index (κ2) is 7.74. The van der Waals surface area contributed by atoms with Gasteiger partial charge in [-0.05, 0) is 30.2 Å². The highest BCUT2D eigenvalue weighted by Crippen LogP contribution is 2.26. The molecule has 1 heterocycles. The Kier molecular flexibility index (Phi) is 5.22. The zero-order chi connectivity index (χ0) is 18.5. The van der Waals surface area contributed by atoms with E-state index in [9.17, 15) is 9.59 Å². The fraction of sp³-hybridized carbons (Fsp3) is 0.200. The maximum atomic E-state index is 12.7. The summed E-state index contributed by atoms with van der Waals surface area (Å²) < 4.78 is 21.1. The number of carbonyl (C=O) groups excluding carboxylic acids is 1. The zero-order valence-corrected chi connectivity index (χ0v) is 14.5. The second-order valence-electron chi connectivity index (χ2n) is 5.52. The maximum absolute atomic E-state index is 12.7. The molecule has 0 fully saturated rings. The van der Waals surface area contributed by atoms with Crippen LogP contribution >= 0.6 is 0 Å². The Morgan fingerprint density at radius 2 is 1.92 bits per heavy atom. The molecule has 0 atom stereocenters. The van der Waals surface area contributed by atoms with E-state index in [1.54, 1.807) is 18.2 Å². The first-order chi connectivity index (χ1) is 12.6. The van der Waals surface area contributed by atoms with Gasteiger partial charge in [0.25, 0.3) is 0 Å². The van der Waals surface area contributed by atoms with Gasteiger partial charge in [0.05, 0.1) is 12.5 Å². The van der Waals surface area contributed by atoms with Crippen LogP contribution in [-0.2, 0) is 16.0 Å². The van der Waals surface area contributed by atoms with Crippen LogP contribution in [0.2, 0.25) is 0 Å². The van der Waals surface area contributed by atoms with Crippen LogP contribution < -0.4 is 14.9 Å². The number of ether oxygens (including phenoxy) is 3. The number of fused-ring (bicyclic) bond motifs is 1. The summed E-state index contributed by atoms with van der Waals surface area (Å²) in [6.45, 7) is 1.79. The number of rotatable bonds is 6. The maximum Gasteiger partial charge on any atom is 0.343 e. The van der Waals surface area contributed by atoms with E-state index in [0.717, 1.165) is 12.0 Å². The Bertz CT molecular complexity index is 989. The van der Waals surface area contributed by atoms with E-state index in [1.807, 2.05) is 31.2 Å². The number of methoxy groups -OCH3 is 1. The van der Waals surface area contributed by atoms with Crippen molar-refractivity contribution in [1.82, 2.24) is 0 Å². The van der Waals surface area contributed by atoms with Crippen molar-refractivity contribution in [3.05, 3.63) is 64.5 Å². The van der Waals surface area contributed by atoms with Crippen LogP contribution in [0.15, 0.2) is 57.9 Å². The van der Waals surface area contributed by atoms with Gasteiger partial charge in [-0.25, -0.2) is 4.79 Å². The number of esters is 1. The standard InChI is InChI=1S/C20H18O6/c1-3-13-6-4-5-7-16(13)26-18-11-25-17-10-14(24-12-19(21)23-2)8-9-15(17)20(18)22/h4-11H,3,12H2,1-2H3. The van der Waals surface area contributed by atoms with Crippen LogP contribution in [0.25, 0.3) is 11.0 Å². The third-order valence-corrected chi connectivity index (χ3v) is 3.87. The average Bonchev–Trinajstić information content (AvgIpc) is 2.68. The lowest BCUT2D eigenvalue weighted by Crippen LogP contribution is -2.12. The summed E-state index contributed by atoms with van der Waals surface area (Å²) >= 11 is 0. The molecule has 3 rings (SSSR count). The first kappa shape index (κ1) is 17.5. The molecular weight excluding hydrogens is 336 g/mol. The summed E-state index contributed by atoms with van der Waals surface area (Å²) in [5.41, 5.74) is 1.06. The average molecular weight is 354 g/mol. The van der Waals surface area contributed by atoms with E-state index >= 15 is 0 Å². The molecule has 0 aliphatic rings. The van der Waals surface area contributed by atoms with Gasteiger partial charge in [0.1, 0.15) is 23.3 Å². The van der Waals surface area contributed by atoms with Gasteiger partial charge in [-0.3, -0.25) is 4.79 Å². The van der Waals surface area contributed by atoms with Crippen molar-refractivity contribution in [3.63, 3.8) is 0 Å². The van der Waals surface area contributed by atoms with E-state index in [1.165, 1.54) is 13.4 Å². The summed E-state index contributed by atoms with van der Waals surface area (Å²) in [5.74, 6) is 0.641. The first-order valence-corrected chi connectivity index (χ1v) is 8.13. The second-order valence-corrected chi connectivity index (χ2v) is 5.52. The Balaban J connectivity index is 1.89.